The molecule has 0 aliphatic heterocycles. The van der Waals surface area contributed by atoms with Gasteiger partial charge in [0.2, 0.25) is 0 Å². The number of nitrogens with two attached hydrogens (primary N) is 1. The topological polar surface area (TPSA) is 80.3 Å². The fourth-order valence-corrected chi connectivity index (χ4v) is 2.37. The molecule has 0 radical (unpaired) electrons. The van der Waals surface area contributed by atoms with Crippen LogP contribution in [0.4, 0.5) is 11.6 Å². The third kappa shape index (κ3) is 2.63. The molecule has 0 amide bonds. The van der Waals surface area contributed by atoms with Gasteiger partial charge in [-0.25, -0.2) is 15.8 Å². The van der Waals surface area contributed by atoms with E-state index >= 15 is 0 Å². The van der Waals surface area contributed by atoms with Crippen molar-refractivity contribution in [3.05, 3.63) is 18.6 Å². The Balaban J connectivity index is 1.86. The van der Waals surface area contributed by atoms with Gasteiger partial charge in [-0.05, 0) is 18.8 Å². The number of anilines is 2. The molecule has 6 nitrogen and oxygen atoms in total. The van der Waals surface area contributed by atoms with Crippen molar-refractivity contribution < 1.29 is 0 Å². The van der Waals surface area contributed by atoms with Crippen molar-refractivity contribution in [2.45, 2.75) is 38.6 Å². The van der Waals surface area contributed by atoms with Crippen LogP contribution in [0.2, 0.25) is 0 Å². The van der Waals surface area contributed by atoms with Gasteiger partial charge in [0.25, 0.3) is 0 Å². The lowest BCUT2D eigenvalue weighted by molar-refractivity contribution is 0.585. The van der Waals surface area contributed by atoms with Crippen LogP contribution in [-0.2, 0) is 0 Å². The van der Waals surface area contributed by atoms with Crippen LogP contribution in [0.1, 0.15) is 32.6 Å². The molecule has 1 aliphatic carbocycles. The number of rotatable bonds is 6. The van der Waals surface area contributed by atoms with Gasteiger partial charge in [-0.2, -0.15) is 0 Å². The average Bonchev–Trinajstić information content (AvgIpc) is 3.11. The molecule has 1 unspecified atom stereocenters. The number of fused-ring (bicyclic) bond motifs is 1. The maximum Gasteiger partial charge on any atom is 0.180 e. The molecule has 6 heteroatoms. The molecule has 102 valence electrons. The van der Waals surface area contributed by atoms with Crippen molar-refractivity contribution in [3.8, 4) is 0 Å². The molecule has 2 aromatic heterocycles. The van der Waals surface area contributed by atoms with E-state index in [1.807, 2.05) is 16.8 Å². The third-order valence-corrected chi connectivity index (χ3v) is 3.67. The highest BCUT2D eigenvalue weighted by Gasteiger charge is 2.25. The summed E-state index contributed by atoms with van der Waals surface area (Å²) in [6, 6.07) is 0.452. The lowest BCUT2D eigenvalue weighted by Crippen LogP contribution is -2.21. The minimum absolute atomic E-state index is 0.452. The van der Waals surface area contributed by atoms with E-state index in [9.17, 15) is 0 Å². The molecule has 1 aliphatic rings. The van der Waals surface area contributed by atoms with Gasteiger partial charge in [-0.1, -0.05) is 19.8 Å². The molecule has 0 spiro atoms. The van der Waals surface area contributed by atoms with Gasteiger partial charge in [-0.3, -0.25) is 0 Å². The Kier molecular flexibility index (Phi) is 3.25. The van der Waals surface area contributed by atoms with E-state index in [1.54, 1.807) is 6.20 Å². The number of nitrogens with one attached hydrogen (secondary N) is 2. The van der Waals surface area contributed by atoms with E-state index in [2.05, 4.69) is 27.6 Å². The van der Waals surface area contributed by atoms with Crippen LogP contribution in [0, 0.1) is 5.92 Å². The Labute approximate surface area is 112 Å². The first-order valence-electron chi connectivity index (χ1n) is 6.87. The Hall–Kier alpha value is -1.82. The maximum atomic E-state index is 5.46. The molecule has 2 aromatic rings. The van der Waals surface area contributed by atoms with E-state index in [0.29, 0.717) is 11.9 Å². The zero-order chi connectivity index (χ0) is 13.2. The van der Waals surface area contributed by atoms with Crippen molar-refractivity contribution in [3.63, 3.8) is 0 Å². The first kappa shape index (κ1) is 12.2. The number of nitrogens with zero attached hydrogens (tertiary/aromatic N) is 3. The smallest absolute Gasteiger partial charge is 0.180 e. The van der Waals surface area contributed by atoms with Crippen LogP contribution in [0.5, 0.6) is 0 Å². The van der Waals surface area contributed by atoms with Gasteiger partial charge >= 0.3 is 0 Å². The summed E-state index contributed by atoms with van der Waals surface area (Å²) in [5.74, 6) is 7.78. The second-order valence-corrected chi connectivity index (χ2v) is 5.21. The Bertz CT molecular complexity index is 559. The van der Waals surface area contributed by atoms with E-state index in [0.717, 1.165) is 23.8 Å². The third-order valence-electron chi connectivity index (χ3n) is 3.67. The van der Waals surface area contributed by atoms with E-state index in [4.69, 9.17) is 5.84 Å². The minimum Gasteiger partial charge on any atom is -0.364 e. The Morgan fingerprint density at radius 3 is 3.05 bits per heavy atom. The number of hydrogen-bond acceptors (Lipinski definition) is 5. The highest BCUT2D eigenvalue weighted by molar-refractivity contribution is 5.65. The molecule has 0 bridgehead atoms. The summed E-state index contributed by atoms with van der Waals surface area (Å²) in [4.78, 5) is 8.82. The standard InChI is InChI=1S/C13H20N6/c1-2-10(7-9-3-4-9)16-12-13-15-5-6-19(13)8-11(17-12)18-14/h5-6,8-10,18H,2-4,7,14H2,1H3,(H,16,17). The lowest BCUT2D eigenvalue weighted by Gasteiger charge is -2.18. The van der Waals surface area contributed by atoms with Crippen LogP contribution in [-0.4, -0.2) is 20.4 Å². The zero-order valence-corrected chi connectivity index (χ0v) is 11.1. The van der Waals surface area contributed by atoms with Gasteiger partial charge in [-0.15, -0.1) is 0 Å². The van der Waals surface area contributed by atoms with Crippen LogP contribution in [0.25, 0.3) is 5.65 Å². The fourth-order valence-electron chi connectivity index (χ4n) is 2.37. The van der Waals surface area contributed by atoms with Crippen molar-refractivity contribution in [1.29, 1.82) is 0 Å². The Morgan fingerprint density at radius 2 is 2.37 bits per heavy atom. The predicted molar refractivity (Wildman–Crippen MR) is 75.8 cm³/mol. The summed E-state index contributed by atoms with van der Waals surface area (Å²) in [7, 11) is 0. The summed E-state index contributed by atoms with van der Waals surface area (Å²) >= 11 is 0. The molecular formula is C13H20N6. The average molecular weight is 260 g/mol. The molecule has 3 rings (SSSR count). The van der Waals surface area contributed by atoms with Gasteiger partial charge in [0, 0.05) is 18.4 Å². The maximum absolute atomic E-state index is 5.46. The highest BCUT2D eigenvalue weighted by Crippen LogP contribution is 2.35. The Morgan fingerprint density at radius 1 is 1.53 bits per heavy atom. The number of hydrazine groups is 1. The van der Waals surface area contributed by atoms with Crippen molar-refractivity contribution >= 4 is 17.3 Å². The second kappa shape index (κ2) is 5.05. The number of aromatic nitrogens is 3. The molecular weight excluding hydrogens is 240 g/mol. The lowest BCUT2D eigenvalue weighted by atomic mass is 10.1. The summed E-state index contributed by atoms with van der Waals surface area (Å²) in [6.07, 6.45) is 10.5. The fraction of sp³-hybridized carbons (Fsp3) is 0.538. The van der Waals surface area contributed by atoms with Crippen LogP contribution < -0.4 is 16.6 Å². The quantitative estimate of drug-likeness (QED) is 0.547. The van der Waals surface area contributed by atoms with Crippen LogP contribution in [0.15, 0.2) is 18.6 Å². The first-order valence-corrected chi connectivity index (χ1v) is 6.87. The summed E-state index contributed by atoms with van der Waals surface area (Å²) < 4.78 is 1.92. The van der Waals surface area contributed by atoms with Crippen molar-refractivity contribution in [1.82, 2.24) is 14.4 Å². The largest absolute Gasteiger partial charge is 0.364 e. The van der Waals surface area contributed by atoms with E-state index in [1.165, 1.54) is 19.3 Å². The SMILES string of the molecule is CCC(CC1CC1)Nc1nc(NN)cn2ccnc12. The van der Waals surface area contributed by atoms with Gasteiger partial charge in [0.05, 0.1) is 6.20 Å². The summed E-state index contributed by atoms with van der Waals surface area (Å²) in [5, 5.41) is 3.51. The molecule has 2 heterocycles. The number of hydrogen-bond donors (Lipinski definition) is 3. The normalized spacial score (nSPS) is 16.5. The molecule has 0 aromatic carbocycles. The molecule has 4 N–H and O–H groups in total. The zero-order valence-electron chi connectivity index (χ0n) is 11.1. The van der Waals surface area contributed by atoms with Crippen LogP contribution in [0.3, 0.4) is 0 Å². The second-order valence-electron chi connectivity index (χ2n) is 5.21. The predicted octanol–water partition coefficient (Wildman–Crippen LogP) is 2.01. The molecule has 1 fully saturated rings. The van der Waals surface area contributed by atoms with Crippen LogP contribution >= 0.6 is 0 Å². The summed E-state index contributed by atoms with van der Waals surface area (Å²) in [5.41, 5.74) is 3.43. The first-order chi connectivity index (χ1) is 9.30. The molecule has 19 heavy (non-hydrogen) atoms. The molecule has 1 atom stereocenters. The molecule has 1 saturated carbocycles. The minimum atomic E-state index is 0.452. The van der Waals surface area contributed by atoms with Gasteiger partial charge in [0.15, 0.2) is 17.3 Å². The van der Waals surface area contributed by atoms with E-state index in [-0.39, 0.29) is 0 Å². The van der Waals surface area contributed by atoms with Crippen molar-refractivity contribution in [2.24, 2.45) is 11.8 Å². The van der Waals surface area contributed by atoms with Gasteiger partial charge in [0.1, 0.15) is 0 Å². The number of imidazole rings is 1. The monoisotopic (exact) mass is 260 g/mol. The highest BCUT2D eigenvalue weighted by atomic mass is 15.3. The summed E-state index contributed by atoms with van der Waals surface area (Å²) in [6.45, 7) is 2.20. The molecule has 0 saturated heterocycles. The van der Waals surface area contributed by atoms with Gasteiger partial charge < -0.3 is 15.1 Å². The van der Waals surface area contributed by atoms with Crippen molar-refractivity contribution in [2.75, 3.05) is 10.7 Å². The van der Waals surface area contributed by atoms with E-state index < -0.39 is 0 Å². The number of nitrogen functional groups attached to an aromatic ring is 1.